The van der Waals surface area contributed by atoms with E-state index in [-0.39, 0.29) is 24.0 Å². The van der Waals surface area contributed by atoms with Gasteiger partial charge >= 0.3 is 11.9 Å². The molecule has 3 N–H and O–H groups in total. The number of ether oxygens (including phenoxy) is 2. The van der Waals surface area contributed by atoms with Gasteiger partial charge in [-0.1, -0.05) is 24.3 Å². The van der Waals surface area contributed by atoms with Crippen molar-refractivity contribution in [3.63, 3.8) is 0 Å². The topological polar surface area (TPSA) is 114 Å². The summed E-state index contributed by atoms with van der Waals surface area (Å²) in [7, 11) is 0. The Labute approximate surface area is 207 Å². The van der Waals surface area contributed by atoms with Crippen molar-refractivity contribution in [3.8, 4) is 11.5 Å². The summed E-state index contributed by atoms with van der Waals surface area (Å²) < 4.78 is 11.0. The fourth-order valence-electron chi connectivity index (χ4n) is 2.71. The number of rotatable bonds is 9. The molecule has 0 aromatic heterocycles. The SMILES string of the molecule is CC(C)(C)C(=O)Oc1ccc(C(O)CNCCNC(=O)c2ccccc2)cc1OC(=O)C(C)(C)C. The van der Waals surface area contributed by atoms with Gasteiger partial charge in [0, 0.05) is 25.2 Å². The lowest BCUT2D eigenvalue weighted by Crippen LogP contribution is -2.33. The van der Waals surface area contributed by atoms with E-state index < -0.39 is 28.9 Å². The van der Waals surface area contributed by atoms with Crippen LogP contribution in [0, 0.1) is 10.8 Å². The molecule has 0 heterocycles. The zero-order valence-electron chi connectivity index (χ0n) is 21.3. The molecule has 190 valence electrons. The number of hydrogen-bond donors (Lipinski definition) is 3. The number of carbonyl (C=O) groups is 3. The van der Waals surface area contributed by atoms with Gasteiger partial charge in [0.15, 0.2) is 11.5 Å². The highest BCUT2D eigenvalue weighted by molar-refractivity contribution is 5.94. The number of carbonyl (C=O) groups excluding carboxylic acids is 3. The van der Waals surface area contributed by atoms with E-state index in [2.05, 4.69) is 10.6 Å². The number of hydrogen-bond acceptors (Lipinski definition) is 7. The molecule has 8 heteroatoms. The average molecular weight is 485 g/mol. The molecule has 35 heavy (non-hydrogen) atoms. The first-order valence-electron chi connectivity index (χ1n) is 11.6. The second-order valence-corrected chi connectivity index (χ2v) is 10.3. The molecule has 1 unspecified atom stereocenters. The molecule has 0 bridgehead atoms. The van der Waals surface area contributed by atoms with Gasteiger partial charge in [-0.05, 0) is 71.4 Å². The molecule has 8 nitrogen and oxygen atoms in total. The van der Waals surface area contributed by atoms with Gasteiger partial charge in [0.1, 0.15) is 0 Å². The van der Waals surface area contributed by atoms with Gasteiger partial charge in [-0.2, -0.15) is 0 Å². The minimum atomic E-state index is -0.917. The Hall–Kier alpha value is -3.23. The number of aliphatic hydroxyl groups excluding tert-OH is 1. The Morgan fingerprint density at radius 3 is 1.97 bits per heavy atom. The monoisotopic (exact) mass is 484 g/mol. The fraction of sp³-hybridized carbons (Fsp3) is 0.444. The highest BCUT2D eigenvalue weighted by atomic mass is 16.6. The summed E-state index contributed by atoms with van der Waals surface area (Å²) in [4.78, 5) is 36.9. The van der Waals surface area contributed by atoms with Gasteiger partial charge in [0.05, 0.1) is 16.9 Å². The van der Waals surface area contributed by atoms with Crippen LogP contribution < -0.4 is 20.1 Å². The van der Waals surface area contributed by atoms with Crippen LogP contribution in [0.4, 0.5) is 0 Å². The molecule has 0 spiro atoms. The van der Waals surface area contributed by atoms with Gasteiger partial charge in [-0.15, -0.1) is 0 Å². The van der Waals surface area contributed by atoms with Crippen molar-refractivity contribution in [1.29, 1.82) is 0 Å². The van der Waals surface area contributed by atoms with Crippen LogP contribution >= 0.6 is 0 Å². The van der Waals surface area contributed by atoms with Crippen molar-refractivity contribution in [1.82, 2.24) is 10.6 Å². The number of aliphatic hydroxyl groups is 1. The van der Waals surface area contributed by atoms with E-state index in [1.807, 2.05) is 6.07 Å². The van der Waals surface area contributed by atoms with Crippen LogP contribution in [-0.4, -0.2) is 42.6 Å². The van der Waals surface area contributed by atoms with Crippen molar-refractivity contribution in [2.75, 3.05) is 19.6 Å². The molecule has 0 radical (unpaired) electrons. The van der Waals surface area contributed by atoms with Gasteiger partial charge in [-0.25, -0.2) is 0 Å². The van der Waals surface area contributed by atoms with Crippen LogP contribution in [0.3, 0.4) is 0 Å². The van der Waals surface area contributed by atoms with Gasteiger partial charge in [-0.3, -0.25) is 14.4 Å². The van der Waals surface area contributed by atoms with Crippen molar-refractivity contribution < 1.29 is 29.0 Å². The summed E-state index contributed by atoms with van der Waals surface area (Å²) in [6.45, 7) is 11.4. The zero-order valence-corrected chi connectivity index (χ0v) is 21.3. The van der Waals surface area contributed by atoms with E-state index in [4.69, 9.17) is 9.47 Å². The normalized spacial score (nSPS) is 12.5. The van der Waals surface area contributed by atoms with E-state index >= 15 is 0 Å². The van der Waals surface area contributed by atoms with Gasteiger partial charge < -0.3 is 25.2 Å². The summed E-state index contributed by atoms with van der Waals surface area (Å²) >= 11 is 0. The van der Waals surface area contributed by atoms with E-state index in [1.54, 1.807) is 71.9 Å². The van der Waals surface area contributed by atoms with E-state index in [1.165, 1.54) is 12.1 Å². The lowest BCUT2D eigenvalue weighted by Gasteiger charge is -2.21. The molecular formula is C27H36N2O6. The highest BCUT2D eigenvalue weighted by Crippen LogP contribution is 2.34. The van der Waals surface area contributed by atoms with Crippen LogP contribution in [-0.2, 0) is 9.59 Å². The Morgan fingerprint density at radius 2 is 1.40 bits per heavy atom. The predicted octanol–water partition coefficient (Wildman–Crippen LogP) is 3.64. The third-order valence-corrected chi connectivity index (χ3v) is 4.94. The molecule has 1 amide bonds. The number of esters is 2. The molecule has 0 saturated heterocycles. The molecule has 1 atom stereocenters. The summed E-state index contributed by atoms with van der Waals surface area (Å²) in [5, 5.41) is 16.5. The quantitative estimate of drug-likeness (QED) is 0.283. The van der Waals surface area contributed by atoms with Crippen molar-refractivity contribution in [3.05, 3.63) is 59.7 Å². The minimum Gasteiger partial charge on any atom is -0.422 e. The van der Waals surface area contributed by atoms with Crippen LogP contribution in [0.1, 0.15) is 63.6 Å². The van der Waals surface area contributed by atoms with E-state index in [9.17, 15) is 19.5 Å². The van der Waals surface area contributed by atoms with E-state index in [0.717, 1.165) is 0 Å². The molecule has 0 aliphatic heterocycles. The molecule has 2 aromatic rings. The summed E-state index contributed by atoms with van der Waals surface area (Å²) in [6.07, 6.45) is -0.917. The zero-order chi connectivity index (χ0) is 26.2. The Balaban J connectivity index is 2.01. The number of benzene rings is 2. The number of amides is 1. The van der Waals surface area contributed by atoms with Gasteiger partial charge in [0.25, 0.3) is 5.91 Å². The number of nitrogens with one attached hydrogen (secondary N) is 2. The molecule has 0 aliphatic carbocycles. The van der Waals surface area contributed by atoms with Crippen LogP contribution in [0.2, 0.25) is 0 Å². The fourth-order valence-corrected chi connectivity index (χ4v) is 2.71. The van der Waals surface area contributed by atoms with Crippen LogP contribution in [0.25, 0.3) is 0 Å². The van der Waals surface area contributed by atoms with Crippen LogP contribution in [0.5, 0.6) is 11.5 Å². The first kappa shape index (κ1) is 28.0. The Bertz CT molecular complexity index is 1020. The van der Waals surface area contributed by atoms with Crippen molar-refractivity contribution >= 4 is 17.8 Å². The van der Waals surface area contributed by atoms with Crippen LogP contribution in [0.15, 0.2) is 48.5 Å². The standard InChI is InChI=1S/C27H36N2O6/c1-26(2,3)24(32)34-21-13-12-19(16-22(21)35-25(33)27(4,5)6)20(30)17-28-14-15-29-23(31)18-10-8-7-9-11-18/h7-13,16,20,28,30H,14-15,17H2,1-6H3,(H,29,31). The van der Waals surface area contributed by atoms with E-state index in [0.29, 0.717) is 24.2 Å². The predicted molar refractivity (Wildman–Crippen MR) is 133 cm³/mol. The average Bonchev–Trinajstić information content (AvgIpc) is 2.78. The lowest BCUT2D eigenvalue weighted by molar-refractivity contribution is -0.145. The third kappa shape index (κ3) is 8.81. The summed E-state index contributed by atoms with van der Waals surface area (Å²) in [5.41, 5.74) is -0.454. The molecule has 2 aromatic carbocycles. The highest BCUT2D eigenvalue weighted by Gasteiger charge is 2.28. The smallest absolute Gasteiger partial charge is 0.316 e. The maximum absolute atomic E-state index is 12.5. The minimum absolute atomic E-state index is 0.0641. The Morgan fingerprint density at radius 1 is 0.829 bits per heavy atom. The first-order chi connectivity index (χ1) is 16.3. The van der Waals surface area contributed by atoms with Crippen molar-refractivity contribution in [2.24, 2.45) is 10.8 Å². The summed E-state index contributed by atoms with van der Waals surface area (Å²) in [5.74, 6) is -0.967. The summed E-state index contributed by atoms with van der Waals surface area (Å²) in [6, 6.07) is 13.5. The molecule has 0 aliphatic rings. The Kier molecular flexibility index (Phi) is 9.56. The van der Waals surface area contributed by atoms with Gasteiger partial charge in [0.2, 0.25) is 0 Å². The molecule has 0 fully saturated rings. The second kappa shape index (κ2) is 12.0. The maximum atomic E-state index is 12.5. The largest absolute Gasteiger partial charge is 0.422 e. The lowest BCUT2D eigenvalue weighted by atomic mass is 9.97. The first-order valence-corrected chi connectivity index (χ1v) is 11.6. The molecular weight excluding hydrogens is 448 g/mol. The molecule has 2 rings (SSSR count). The third-order valence-electron chi connectivity index (χ3n) is 4.94. The molecule has 0 saturated carbocycles. The second-order valence-electron chi connectivity index (χ2n) is 10.3. The maximum Gasteiger partial charge on any atom is 0.316 e. The van der Waals surface area contributed by atoms with Crippen molar-refractivity contribution in [2.45, 2.75) is 47.6 Å².